The van der Waals surface area contributed by atoms with Crippen molar-refractivity contribution in [2.45, 2.75) is 0 Å². The second-order valence-electron chi connectivity index (χ2n) is 2.46. The van der Waals surface area contributed by atoms with Crippen molar-refractivity contribution in [2.24, 2.45) is 16.6 Å². The Morgan fingerprint density at radius 3 is 2.64 bits per heavy atom. The molecular weight excluding hydrogens is 248 g/mol. The number of hydrazone groups is 1. The Balaban J connectivity index is 2.90. The molecule has 0 atom stereocenters. The SMILES string of the molecule is NC(N)=[N+]([O-])/N=C/c1ccccc1Br. The van der Waals surface area contributed by atoms with Gasteiger partial charge in [-0.05, 0) is 6.07 Å². The van der Waals surface area contributed by atoms with Gasteiger partial charge in [-0.3, -0.25) is 11.5 Å². The molecule has 14 heavy (non-hydrogen) atoms. The molecule has 1 aromatic carbocycles. The van der Waals surface area contributed by atoms with Gasteiger partial charge in [0.05, 0.1) is 6.21 Å². The van der Waals surface area contributed by atoms with E-state index in [0.717, 1.165) is 10.0 Å². The van der Waals surface area contributed by atoms with Crippen molar-refractivity contribution in [3.63, 3.8) is 0 Å². The van der Waals surface area contributed by atoms with Crippen LogP contribution in [-0.2, 0) is 0 Å². The molecule has 4 N–H and O–H groups in total. The molecule has 0 spiro atoms. The third-order valence-electron chi connectivity index (χ3n) is 1.43. The fourth-order valence-electron chi connectivity index (χ4n) is 0.761. The fourth-order valence-corrected chi connectivity index (χ4v) is 1.15. The second-order valence-corrected chi connectivity index (χ2v) is 3.32. The number of halogens is 1. The summed E-state index contributed by atoms with van der Waals surface area (Å²) in [7, 11) is 0. The first kappa shape index (κ1) is 10.5. The van der Waals surface area contributed by atoms with E-state index >= 15 is 0 Å². The van der Waals surface area contributed by atoms with Gasteiger partial charge >= 0.3 is 5.96 Å². The van der Waals surface area contributed by atoms with Crippen LogP contribution in [0.2, 0.25) is 0 Å². The van der Waals surface area contributed by atoms with E-state index in [1.165, 1.54) is 6.21 Å². The van der Waals surface area contributed by atoms with Crippen LogP contribution < -0.4 is 11.5 Å². The van der Waals surface area contributed by atoms with E-state index in [2.05, 4.69) is 21.0 Å². The lowest BCUT2D eigenvalue weighted by molar-refractivity contribution is -0.463. The Kier molecular flexibility index (Phi) is 3.47. The first-order valence-electron chi connectivity index (χ1n) is 3.75. The number of hydrogen-bond donors (Lipinski definition) is 2. The van der Waals surface area contributed by atoms with Crippen LogP contribution in [0.5, 0.6) is 0 Å². The van der Waals surface area contributed by atoms with Gasteiger partial charge in [0.25, 0.3) is 0 Å². The molecule has 0 aromatic heterocycles. The van der Waals surface area contributed by atoms with Gasteiger partial charge < -0.3 is 5.21 Å². The normalized spacial score (nSPS) is 10.4. The highest BCUT2D eigenvalue weighted by atomic mass is 79.9. The highest BCUT2D eigenvalue weighted by Crippen LogP contribution is 2.13. The predicted octanol–water partition coefficient (Wildman–Crippen LogP) is 0.567. The zero-order chi connectivity index (χ0) is 10.6. The molecule has 0 heterocycles. The van der Waals surface area contributed by atoms with Crippen molar-refractivity contribution in [3.05, 3.63) is 39.5 Å². The average Bonchev–Trinajstić information content (AvgIpc) is 2.16. The molecule has 0 fully saturated rings. The molecule has 6 heteroatoms. The summed E-state index contributed by atoms with van der Waals surface area (Å²) in [5, 5.41) is 14.3. The Hall–Kier alpha value is -1.56. The lowest BCUT2D eigenvalue weighted by Gasteiger charge is -2.02. The lowest BCUT2D eigenvalue weighted by atomic mass is 10.2. The van der Waals surface area contributed by atoms with Crippen molar-refractivity contribution < 1.29 is 4.85 Å². The van der Waals surface area contributed by atoms with Crippen LogP contribution in [0.4, 0.5) is 0 Å². The Labute approximate surface area is 89.4 Å². The number of rotatable bonds is 2. The van der Waals surface area contributed by atoms with Crippen LogP contribution in [0, 0.1) is 5.21 Å². The summed E-state index contributed by atoms with van der Waals surface area (Å²) in [5.41, 5.74) is 10.8. The fraction of sp³-hybridized carbons (Fsp3) is 0. The van der Waals surface area contributed by atoms with E-state index in [0.29, 0.717) is 0 Å². The van der Waals surface area contributed by atoms with Crippen molar-refractivity contribution in [1.82, 2.24) is 0 Å². The van der Waals surface area contributed by atoms with Gasteiger partial charge in [-0.2, -0.15) is 0 Å². The predicted molar refractivity (Wildman–Crippen MR) is 58.7 cm³/mol. The highest BCUT2D eigenvalue weighted by Gasteiger charge is 1.94. The van der Waals surface area contributed by atoms with Crippen LogP contribution >= 0.6 is 15.9 Å². The minimum absolute atomic E-state index is 0.152. The van der Waals surface area contributed by atoms with Crippen LogP contribution in [0.1, 0.15) is 5.56 Å². The van der Waals surface area contributed by atoms with Gasteiger partial charge in [0.15, 0.2) is 0 Å². The van der Waals surface area contributed by atoms with Gasteiger partial charge in [-0.15, -0.1) is 9.95 Å². The number of nitrogens with zero attached hydrogens (tertiary/aromatic N) is 2. The van der Waals surface area contributed by atoms with Gasteiger partial charge in [-0.25, -0.2) is 0 Å². The minimum Gasteiger partial charge on any atom is -0.722 e. The summed E-state index contributed by atoms with van der Waals surface area (Å²) in [6, 6.07) is 7.33. The Morgan fingerprint density at radius 2 is 2.07 bits per heavy atom. The molecule has 1 aromatic rings. The molecule has 1 rings (SSSR count). The van der Waals surface area contributed by atoms with E-state index < -0.39 is 5.96 Å². The molecule has 0 aliphatic carbocycles. The van der Waals surface area contributed by atoms with E-state index in [9.17, 15) is 5.21 Å². The third-order valence-corrected chi connectivity index (χ3v) is 2.15. The van der Waals surface area contributed by atoms with Crippen molar-refractivity contribution in [2.75, 3.05) is 0 Å². The maximum Gasteiger partial charge on any atom is 0.366 e. The standard InChI is InChI=1S/C8H9BrN4O/c9-7-4-2-1-3-6(7)5-12-13(14)8(10)11/h1-5H,10-11H2/b12-5+. The molecule has 0 aliphatic rings. The van der Waals surface area contributed by atoms with Crippen molar-refractivity contribution in [1.29, 1.82) is 0 Å². The lowest BCUT2D eigenvalue weighted by Crippen LogP contribution is -2.30. The topological polar surface area (TPSA) is 90.5 Å². The molecule has 0 aliphatic heterocycles. The minimum atomic E-state index is -0.395. The van der Waals surface area contributed by atoms with Crippen LogP contribution in [0.15, 0.2) is 33.8 Å². The third kappa shape index (κ3) is 2.74. The van der Waals surface area contributed by atoms with Gasteiger partial charge in [0.1, 0.15) is 0 Å². The molecule has 0 saturated carbocycles. The van der Waals surface area contributed by atoms with E-state index in [1.54, 1.807) is 6.07 Å². The second kappa shape index (κ2) is 4.61. The molecule has 0 bridgehead atoms. The smallest absolute Gasteiger partial charge is 0.366 e. The largest absolute Gasteiger partial charge is 0.722 e. The first-order chi connectivity index (χ1) is 6.61. The number of nitrogens with two attached hydrogens (primary N) is 2. The van der Waals surface area contributed by atoms with Crippen molar-refractivity contribution >= 4 is 28.1 Å². The zero-order valence-electron chi connectivity index (χ0n) is 7.22. The highest BCUT2D eigenvalue weighted by molar-refractivity contribution is 9.10. The summed E-state index contributed by atoms with van der Waals surface area (Å²) >= 11 is 3.30. The summed E-state index contributed by atoms with van der Waals surface area (Å²) in [4.78, 5) is 0.152. The van der Waals surface area contributed by atoms with Gasteiger partial charge in [-0.1, -0.05) is 34.1 Å². The van der Waals surface area contributed by atoms with Crippen molar-refractivity contribution in [3.8, 4) is 0 Å². The first-order valence-corrected chi connectivity index (χ1v) is 4.54. The summed E-state index contributed by atoms with van der Waals surface area (Å²) < 4.78 is 0.841. The van der Waals surface area contributed by atoms with Gasteiger partial charge in [0, 0.05) is 10.0 Å². The Bertz CT molecular complexity index is 385. The summed E-state index contributed by atoms with van der Waals surface area (Å²) in [5.74, 6) is -0.395. The molecular formula is C8H9BrN4O. The monoisotopic (exact) mass is 256 g/mol. The number of hydrogen-bond acceptors (Lipinski definition) is 2. The Morgan fingerprint density at radius 1 is 1.43 bits per heavy atom. The molecule has 0 radical (unpaired) electrons. The van der Waals surface area contributed by atoms with Gasteiger partial charge in [0.2, 0.25) is 0 Å². The van der Waals surface area contributed by atoms with E-state index in [-0.39, 0.29) is 4.85 Å². The average molecular weight is 257 g/mol. The quantitative estimate of drug-likeness (QED) is 0.267. The molecule has 0 unspecified atom stereocenters. The maximum absolute atomic E-state index is 10.8. The zero-order valence-corrected chi connectivity index (χ0v) is 8.81. The molecule has 0 amide bonds. The molecule has 74 valence electrons. The number of guanidine groups is 1. The molecule has 0 saturated heterocycles. The molecule has 5 nitrogen and oxygen atoms in total. The van der Waals surface area contributed by atoms with Crippen LogP contribution in [0.25, 0.3) is 0 Å². The maximum atomic E-state index is 10.8. The van der Waals surface area contributed by atoms with E-state index in [1.807, 2.05) is 18.2 Å². The van der Waals surface area contributed by atoms with Crippen LogP contribution in [-0.4, -0.2) is 17.0 Å². The number of benzene rings is 1. The van der Waals surface area contributed by atoms with Crippen LogP contribution in [0.3, 0.4) is 0 Å². The summed E-state index contributed by atoms with van der Waals surface area (Å²) in [6.07, 6.45) is 1.37. The van der Waals surface area contributed by atoms with E-state index in [4.69, 9.17) is 11.5 Å². The summed E-state index contributed by atoms with van der Waals surface area (Å²) in [6.45, 7) is 0.